The van der Waals surface area contributed by atoms with Crippen molar-refractivity contribution in [3.63, 3.8) is 0 Å². The van der Waals surface area contributed by atoms with Crippen molar-refractivity contribution in [2.24, 2.45) is 29.1 Å². The molecule has 68 valence electrons. The topological polar surface area (TPSA) is 0 Å². The van der Waals surface area contributed by atoms with Crippen LogP contribution in [0.1, 0.15) is 46.0 Å². The normalized spacial score (nSPS) is 62.5. The molecule has 0 aromatic heterocycles. The molecule has 0 aromatic rings. The minimum Gasteiger partial charge on any atom is -0.0620 e. The molecule has 4 aliphatic carbocycles. The van der Waals surface area contributed by atoms with Crippen LogP contribution >= 0.6 is 0 Å². The van der Waals surface area contributed by atoms with E-state index in [1.807, 2.05) is 0 Å². The molecule has 0 aromatic carbocycles. The third kappa shape index (κ3) is 0.843. The summed E-state index contributed by atoms with van der Waals surface area (Å²) < 4.78 is 0. The molecule has 2 unspecified atom stereocenters. The fourth-order valence-corrected chi connectivity index (χ4v) is 4.68. The first-order valence-electron chi connectivity index (χ1n) is 5.66. The summed E-state index contributed by atoms with van der Waals surface area (Å²) in [5.41, 5.74) is 0.781. The first kappa shape index (κ1) is 7.41. The zero-order chi connectivity index (χ0) is 8.34. The predicted molar refractivity (Wildman–Crippen MR) is 50.8 cm³/mol. The molecule has 4 saturated carbocycles. The molecule has 0 aliphatic heterocycles. The van der Waals surface area contributed by atoms with Crippen LogP contribution in [0.3, 0.4) is 0 Å². The third-order valence-electron chi connectivity index (χ3n) is 5.05. The van der Waals surface area contributed by atoms with Crippen molar-refractivity contribution in [2.45, 2.75) is 46.0 Å². The Bertz CT molecular complexity index is 190. The van der Waals surface area contributed by atoms with E-state index in [1.54, 1.807) is 32.1 Å². The largest absolute Gasteiger partial charge is 0.0620 e. The SMILES string of the molecule is CC1C2CC3CC1CC(C)(C3)C2. The van der Waals surface area contributed by atoms with Crippen molar-refractivity contribution in [3.05, 3.63) is 0 Å². The van der Waals surface area contributed by atoms with Crippen LogP contribution in [0.5, 0.6) is 0 Å². The van der Waals surface area contributed by atoms with Crippen LogP contribution in [0.4, 0.5) is 0 Å². The molecule has 0 amide bonds. The molecule has 2 atom stereocenters. The summed E-state index contributed by atoms with van der Waals surface area (Å²) in [4.78, 5) is 0. The van der Waals surface area contributed by atoms with Crippen molar-refractivity contribution in [3.8, 4) is 0 Å². The quantitative estimate of drug-likeness (QED) is 0.514. The van der Waals surface area contributed by atoms with Gasteiger partial charge in [0.1, 0.15) is 0 Å². The molecule has 0 heteroatoms. The van der Waals surface area contributed by atoms with E-state index in [1.165, 1.54) is 0 Å². The van der Waals surface area contributed by atoms with E-state index in [-0.39, 0.29) is 0 Å². The molecule has 4 aliphatic rings. The van der Waals surface area contributed by atoms with Gasteiger partial charge in [-0.05, 0) is 61.2 Å². The van der Waals surface area contributed by atoms with Gasteiger partial charge in [0, 0.05) is 0 Å². The van der Waals surface area contributed by atoms with Crippen LogP contribution in [0, 0.1) is 29.1 Å². The van der Waals surface area contributed by atoms with E-state index in [0.29, 0.717) is 0 Å². The van der Waals surface area contributed by atoms with Crippen molar-refractivity contribution < 1.29 is 0 Å². The molecule has 4 fully saturated rings. The van der Waals surface area contributed by atoms with Gasteiger partial charge in [-0.3, -0.25) is 0 Å². The molecular formula is C12H20. The Balaban J connectivity index is 1.95. The zero-order valence-corrected chi connectivity index (χ0v) is 8.34. The Morgan fingerprint density at radius 1 is 1.00 bits per heavy atom. The third-order valence-corrected chi connectivity index (χ3v) is 5.05. The molecule has 0 nitrogen and oxygen atoms in total. The lowest BCUT2D eigenvalue weighted by atomic mass is 9.47. The fourth-order valence-electron chi connectivity index (χ4n) is 4.68. The van der Waals surface area contributed by atoms with Crippen molar-refractivity contribution in [1.29, 1.82) is 0 Å². The Morgan fingerprint density at radius 2 is 1.58 bits per heavy atom. The monoisotopic (exact) mass is 164 g/mol. The fraction of sp³-hybridized carbons (Fsp3) is 1.00. The van der Waals surface area contributed by atoms with E-state index in [4.69, 9.17) is 0 Å². The summed E-state index contributed by atoms with van der Waals surface area (Å²) in [6.45, 7) is 5.06. The second-order valence-corrected chi connectivity index (χ2v) is 6.14. The van der Waals surface area contributed by atoms with E-state index in [0.717, 1.165) is 29.1 Å². The first-order valence-corrected chi connectivity index (χ1v) is 5.66. The van der Waals surface area contributed by atoms with Gasteiger partial charge in [0.2, 0.25) is 0 Å². The predicted octanol–water partition coefficient (Wildman–Crippen LogP) is 3.47. The maximum atomic E-state index is 2.55. The van der Waals surface area contributed by atoms with Crippen molar-refractivity contribution >= 4 is 0 Å². The van der Waals surface area contributed by atoms with Gasteiger partial charge in [0.15, 0.2) is 0 Å². The van der Waals surface area contributed by atoms with Gasteiger partial charge in [-0.25, -0.2) is 0 Å². The van der Waals surface area contributed by atoms with E-state index in [9.17, 15) is 0 Å². The second kappa shape index (κ2) is 2.08. The molecule has 0 N–H and O–H groups in total. The number of hydrogen-bond donors (Lipinski definition) is 0. The van der Waals surface area contributed by atoms with Gasteiger partial charge in [-0.15, -0.1) is 0 Å². The lowest BCUT2D eigenvalue weighted by molar-refractivity contribution is -0.0796. The Hall–Kier alpha value is 0. The molecular weight excluding hydrogens is 144 g/mol. The van der Waals surface area contributed by atoms with Gasteiger partial charge < -0.3 is 0 Å². The Labute approximate surface area is 75.7 Å². The molecule has 4 bridgehead atoms. The van der Waals surface area contributed by atoms with Crippen LogP contribution in [-0.2, 0) is 0 Å². The van der Waals surface area contributed by atoms with Crippen LogP contribution in [-0.4, -0.2) is 0 Å². The smallest absolute Gasteiger partial charge is 0.0318 e. The summed E-state index contributed by atoms with van der Waals surface area (Å²) in [5, 5.41) is 0. The summed E-state index contributed by atoms with van der Waals surface area (Å²) in [7, 11) is 0. The van der Waals surface area contributed by atoms with Gasteiger partial charge in [0.25, 0.3) is 0 Å². The zero-order valence-electron chi connectivity index (χ0n) is 8.34. The first-order chi connectivity index (χ1) is 5.66. The highest BCUT2D eigenvalue weighted by molar-refractivity contribution is 5.01. The van der Waals surface area contributed by atoms with Gasteiger partial charge in [0.05, 0.1) is 0 Å². The standard InChI is InChI=1S/C12H20/c1-8-10-3-9-4-11(8)7-12(2,5-9)6-10/h8-11H,3-7H2,1-2H3. The maximum absolute atomic E-state index is 2.55. The van der Waals surface area contributed by atoms with Crippen LogP contribution in [0.25, 0.3) is 0 Å². The van der Waals surface area contributed by atoms with E-state index < -0.39 is 0 Å². The maximum Gasteiger partial charge on any atom is -0.0318 e. The van der Waals surface area contributed by atoms with Crippen molar-refractivity contribution in [2.75, 3.05) is 0 Å². The van der Waals surface area contributed by atoms with Crippen LogP contribution in [0.15, 0.2) is 0 Å². The summed E-state index contributed by atoms with van der Waals surface area (Å²) in [6, 6.07) is 0. The average molecular weight is 164 g/mol. The van der Waals surface area contributed by atoms with Crippen LogP contribution in [0.2, 0.25) is 0 Å². The summed E-state index contributed by atoms with van der Waals surface area (Å²) in [6.07, 6.45) is 7.83. The highest BCUT2D eigenvalue weighted by atomic mass is 14.6. The summed E-state index contributed by atoms with van der Waals surface area (Å²) >= 11 is 0. The van der Waals surface area contributed by atoms with E-state index in [2.05, 4.69) is 13.8 Å². The number of rotatable bonds is 0. The highest BCUT2D eigenvalue weighted by Crippen LogP contribution is 2.61. The summed E-state index contributed by atoms with van der Waals surface area (Å²) in [5.74, 6) is 4.42. The molecule has 0 spiro atoms. The molecule has 0 saturated heterocycles. The lowest BCUT2D eigenvalue weighted by Crippen LogP contribution is -2.48. The van der Waals surface area contributed by atoms with Gasteiger partial charge in [-0.2, -0.15) is 0 Å². The Kier molecular flexibility index (Phi) is 1.28. The minimum absolute atomic E-state index is 0.781. The minimum atomic E-state index is 0.781. The van der Waals surface area contributed by atoms with Crippen LogP contribution < -0.4 is 0 Å². The average Bonchev–Trinajstić information content (AvgIpc) is 1.96. The molecule has 4 rings (SSSR count). The molecule has 0 radical (unpaired) electrons. The van der Waals surface area contributed by atoms with Gasteiger partial charge >= 0.3 is 0 Å². The van der Waals surface area contributed by atoms with Gasteiger partial charge in [-0.1, -0.05) is 13.8 Å². The lowest BCUT2D eigenvalue weighted by Gasteiger charge is -2.58. The Morgan fingerprint density at radius 3 is 2.08 bits per heavy atom. The number of hydrogen-bond acceptors (Lipinski definition) is 0. The molecule has 0 heterocycles. The van der Waals surface area contributed by atoms with E-state index >= 15 is 0 Å². The van der Waals surface area contributed by atoms with Crippen molar-refractivity contribution in [1.82, 2.24) is 0 Å². The second-order valence-electron chi connectivity index (χ2n) is 6.14. The molecule has 12 heavy (non-hydrogen) atoms. The highest BCUT2D eigenvalue weighted by Gasteiger charge is 2.51.